The van der Waals surface area contributed by atoms with Crippen molar-refractivity contribution in [3.63, 3.8) is 0 Å². The topological polar surface area (TPSA) is 58.8 Å². The molecule has 1 aliphatic heterocycles. The van der Waals surface area contributed by atoms with E-state index in [-0.39, 0.29) is 5.91 Å². The van der Waals surface area contributed by atoms with E-state index in [1.165, 1.54) is 12.8 Å². The highest BCUT2D eigenvalue weighted by atomic mass is 16.5. The Morgan fingerprint density at radius 2 is 1.95 bits per heavy atom. The third-order valence-corrected chi connectivity index (χ3v) is 4.15. The second-order valence-corrected chi connectivity index (χ2v) is 5.78. The second kappa shape index (κ2) is 5.93. The van der Waals surface area contributed by atoms with Crippen LogP contribution in [0.4, 0.5) is 5.69 Å². The van der Waals surface area contributed by atoms with Gasteiger partial charge in [0, 0.05) is 49.5 Å². The number of nitrogens with zero attached hydrogens (tertiary/aromatic N) is 2. The first-order valence-electron chi connectivity index (χ1n) is 7.74. The highest BCUT2D eigenvalue weighted by molar-refractivity contribution is 5.95. The molecule has 0 bridgehead atoms. The standard InChI is InChI=1S/C16H23N3O2/c1-2-21-15-10-12(9-13(17)11-15)16(20)19-7-5-18(6-8-19)14-3-4-14/h9-11,14H,2-8,17H2,1H3. The van der Waals surface area contributed by atoms with Crippen molar-refractivity contribution in [3.05, 3.63) is 23.8 Å². The quantitative estimate of drug-likeness (QED) is 0.855. The minimum atomic E-state index is 0.0544. The molecule has 114 valence electrons. The number of rotatable bonds is 4. The lowest BCUT2D eigenvalue weighted by atomic mass is 10.1. The number of hydrogen-bond acceptors (Lipinski definition) is 4. The molecule has 0 spiro atoms. The molecule has 2 fully saturated rings. The molecule has 2 aliphatic rings. The van der Waals surface area contributed by atoms with E-state index in [2.05, 4.69) is 4.90 Å². The van der Waals surface area contributed by atoms with E-state index in [1.54, 1.807) is 18.2 Å². The molecule has 0 radical (unpaired) electrons. The van der Waals surface area contributed by atoms with Crippen molar-refractivity contribution in [2.45, 2.75) is 25.8 Å². The predicted molar refractivity (Wildman–Crippen MR) is 82.5 cm³/mol. The number of nitrogens with two attached hydrogens (primary N) is 1. The second-order valence-electron chi connectivity index (χ2n) is 5.78. The molecule has 1 amide bonds. The summed E-state index contributed by atoms with van der Waals surface area (Å²) in [6.07, 6.45) is 2.64. The summed E-state index contributed by atoms with van der Waals surface area (Å²) in [5.41, 5.74) is 7.06. The summed E-state index contributed by atoms with van der Waals surface area (Å²) >= 11 is 0. The molecule has 1 aromatic rings. The Morgan fingerprint density at radius 1 is 1.24 bits per heavy atom. The number of carbonyl (C=O) groups is 1. The number of carbonyl (C=O) groups excluding carboxylic acids is 1. The fourth-order valence-corrected chi connectivity index (χ4v) is 2.91. The molecule has 1 aromatic carbocycles. The van der Waals surface area contributed by atoms with Gasteiger partial charge in [-0.1, -0.05) is 0 Å². The van der Waals surface area contributed by atoms with Crippen molar-refractivity contribution >= 4 is 11.6 Å². The van der Waals surface area contributed by atoms with Crippen LogP contribution in [0.3, 0.4) is 0 Å². The highest BCUT2D eigenvalue weighted by Gasteiger charge is 2.32. The minimum Gasteiger partial charge on any atom is -0.494 e. The van der Waals surface area contributed by atoms with Gasteiger partial charge in [0.25, 0.3) is 5.91 Å². The van der Waals surface area contributed by atoms with Crippen molar-refractivity contribution in [1.82, 2.24) is 9.80 Å². The third-order valence-electron chi connectivity index (χ3n) is 4.15. The van der Waals surface area contributed by atoms with Gasteiger partial charge in [-0.05, 0) is 31.9 Å². The number of piperazine rings is 1. The van der Waals surface area contributed by atoms with E-state index in [9.17, 15) is 4.79 Å². The van der Waals surface area contributed by atoms with Crippen molar-refractivity contribution in [2.24, 2.45) is 0 Å². The average molecular weight is 289 g/mol. The van der Waals surface area contributed by atoms with Gasteiger partial charge in [0.15, 0.2) is 0 Å². The zero-order valence-electron chi connectivity index (χ0n) is 12.5. The largest absolute Gasteiger partial charge is 0.494 e. The molecule has 0 aromatic heterocycles. The van der Waals surface area contributed by atoms with Gasteiger partial charge in [-0.15, -0.1) is 0 Å². The maximum absolute atomic E-state index is 12.6. The summed E-state index contributed by atoms with van der Waals surface area (Å²) in [6.45, 7) is 6.05. The molecular formula is C16H23N3O2. The Morgan fingerprint density at radius 3 is 2.57 bits per heavy atom. The Hall–Kier alpha value is -1.75. The van der Waals surface area contributed by atoms with Gasteiger partial charge in [-0.3, -0.25) is 9.69 Å². The normalized spacial score (nSPS) is 19.6. The van der Waals surface area contributed by atoms with Crippen LogP contribution in [0.2, 0.25) is 0 Å². The summed E-state index contributed by atoms with van der Waals surface area (Å²) in [7, 11) is 0. The summed E-state index contributed by atoms with van der Waals surface area (Å²) in [6, 6.07) is 6.05. The monoisotopic (exact) mass is 289 g/mol. The molecule has 0 unspecified atom stereocenters. The Labute approximate surface area is 125 Å². The summed E-state index contributed by atoms with van der Waals surface area (Å²) in [4.78, 5) is 17.0. The lowest BCUT2D eigenvalue weighted by Gasteiger charge is -2.34. The molecule has 1 aliphatic carbocycles. The molecule has 1 saturated heterocycles. The number of hydrogen-bond donors (Lipinski definition) is 1. The zero-order valence-corrected chi connectivity index (χ0v) is 12.5. The summed E-state index contributed by atoms with van der Waals surface area (Å²) < 4.78 is 5.46. The predicted octanol–water partition coefficient (Wildman–Crippen LogP) is 1.59. The fraction of sp³-hybridized carbons (Fsp3) is 0.562. The van der Waals surface area contributed by atoms with Gasteiger partial charge >= 0.3 is 0 Å². The molecule has 5 heteroatoms. The maximum atomic E-state index is 12.6. The number of amides is 1. The van der Waals surface area contributed by atoms with Gasteiger partial charge < -0.3 is 15.4 Å². The van der Waals surface area contributed by atoms with Crippen LogP contribution in [0.25, 0.3) is 0 Å². The Bertz CT molecular complexity index is 520. The van der Waals surface area contributed by atoms with Gasteiger partial charge in [-0.25, -0.2) is 0 Å². The van der Waals surface area contributed by atoms with Crippen molar-refractivity contribution < 1.29 is 9.53 Å². The van der Waals surface area contributed by atoms with Crippen LogP contribution in [-0.4, -0.2) is 54.5 Å². The number of ether oxygens (including phenoxy) is 1. The van der Waals surface area contributed by atoms with Crippen LogP contribution < -0.4 is 10.5 Å². The lowest BCUT2D eigenvalue weighted by Crippen LogP contribution is -2.49. The molecule has 21 heavy (non-hydrogen) atoms. The fourth-order valence-electron chi connectivity index (χ4n) is 2.91. The molecule has 1 heterocycles. The summed E-state index contributed by atoms with van der Waals surface area (Å²) in [5.74, 6) is 0.719. The third kappa shape index (κ3) is 3.29. The average Bonchev–Trinajstić information content (AvgIpc) is 3.31. The van der Waals surface area contributed by atoms with Gasteiger partial charge in [0.1, 0.15) is 5.75 Å². The van der Waals surface area contributed by atoms with Crippen molar-refractivity contribution in [1.29, 1.82) is 0 Å². The minimum absolute atomic E-state index is 0.0544. The van der Waals surface area contributed by atoms with Crippen LogP contribution >= 0.6 is 0 Å². The molecule has 1 saturated carbocycles. The van der Waals surface area contributed by atoms with Crippen LogP contribution in [0.15, 0.2) is 18.2 Å². The molecular weight excluding hydrogens is 266 g/mol. The first-order chi connectivity index (χ1) is 10.2. The number of nitrogen functional groups attached to an aromatic ring is 1. The maximum Gasteiger partial charge on any atom is 0.254 e. The van der Waals surface area contributed by atoms with E-state index in [0.717, 1.165) is 32.2 Å². The first-order valence-corrected chi connectivity index (χ1v) is 7.74. The van der Waals surface area contributed by atoms with Crippen LogP contribution in [0.1, 0.15) is 30.1 Å². The van der Waals surface area contributed by atoms with Crippen LogP contribution in [-0.2, 0) is 0 Å². The molecule has 3 rings (SSSR count). The smallest absolute Gasteiger partial charge is 0.254 e. The van der Waals surface area contributed by atoms with E-state index in [0.29, 0.717) is 23.6 Å². The van der Waals surface area contributed by atoms with Crippen molar-refractivity contribution in [2.75, 3.05) is 38.5 Å². The van der Waals surface area contributed by atoms with Crippen LogP contribution in [0, 0.1) is 0 Å². The Kier molecular flexibility index (Phi) is 4.01. The molecule has 0 atom stereocenters. The van der Waals surface area contributed by atoms with E-state index >= 15 is 0 Å². The van der Waals surface area contributed by atoms with Gasteiger partial charge in [-0.2, -0.15) is 0 Å². The number of benzene rings is 1. The summed E-state index contributed by atoms with van der Waals surface area (Å²) in [5, 5.41) is 0. The van der Waals surface area contributed by atoms with E-state index in [1.807, 2.05) is 11.8 Å². The van der Waals surface area contributed by atoms with Crippen LogP contribution in [0.5, 0.6) is 5.75 Å². The van der Waals surface area contributed by atoms with Gasteiger partial charge in [0.2, 0.25) is 0 Å². The lowest BCUT2D eigenvalue weighted by molar-refractivity contribution is 0.0627. The van der Waals surface area contributed by atoms with Gasteiger partial charge in [0.05, 0.1) is 6.61 Å². The zero-order chi connectivity index (χ0) is 14.8. The van der Waals surface area contributed by atoms with E-state index in [4.69, 9.17) is 10.5 Å². The SMILES string of the molecule is CCOc1cc(N)cc(C(=O)N2CCN(C3CC3)CC2)c1. The number of anilines is 1. The molecule has 2 N–H and O–H groups in total. The highest BCUT2D eigenvalue weighted by Crippen LogP contribution is 2.28. The first kappa shape index (κ1) is 14.2. The molecule has 5 nitrogen and oxygen atoms in total. The Balaban J connectivity index is 1.67. The van der Waals surface area contributed by atoms with E-state index < -0.39 is 0 Å². The van der Waals surface area contributed by atoms with Crippen molar-refractivity contribution in [3.8, 4) is 5.75 Å².